The molecular weight excluding hydrogens is 190 g/mol. The Hall–Kier alpha value is -1.58. The second kappa shape index (κ2) is 3.22. The fourth-order valence-electron chi connectivity index (χ4n) is 2.50. The van der Waals surface area contributed by atoms with Crippen molar-refractivity contribution < 1.29 is 0 Å². The minimum Gasteiger partial charge on any atom is -0.302 e. The summed E-state index contributed by atoms with van der Waals surface area (Å²) in [5, 5.41) is 6.89. The first-order valence-electron chi connectivity index (χ1n) is 5.41. The maximum absolute atomic E-state index is 11.8. The van der Waals surface area contributed by atoms with Crippen LogP contribution in [0, 0.1) is 0 Å². The number of rotatable bonds is 1. The number of nitrogens with zero attached hydrogens (tertiary/aromatic N) is 2. The fourth-order valence-corrected chi connectivity index (χ4v) is 2.50. The number of fused-ring (bicyclic) bond motifs is 1. The van der Waals surface area contributed by atoms with Crippen molar-refractivity contribution in [3.63, 3.8) is 0 Å². The second-order valence-electron chi connectivity index (χ2n) is 4.15. The van der Waals surface area contributed by atoms with E-state index in [1.165, 1.54) is 12.8 Å². The van der Waals surface area contributed by atoms with E-state index in [9.17, 15) is 4.79 Å². The van der Waals surface area contributed by atoms with Gasteiger partial charge in [-0.3, -0.25) is 9.89 Å². The van der Waals surface area contributed by atoms with Gasteiger partial charge in [0.15, 0.2) is 0 Å². The Morgan fingerprint density at radius 1 is 1.33 bits per heavy atom. The Morgan fingerprint density at radius 3 is 2.93 bits per heavy atom. The fraction of sp³-hybridized carbons (Fsp3) is 0.455. The number of pyridine rings is 1. The molecule has 1 saturated carbocycles. The van der Waals surface area contributed by atoms with Crippen LogP contribution >= 0.6 is 0 Å². The summed E-state index contributed by atoms with van der Waals surface area (Å²) < 4.78 is 1.89. The minimum absolute atomic E-state index is 0.0933. The highest BCUT2D eigenvalue weighted by Gasteiger charge is 2.19. The number of hydrogen-bond acceptors (Lipinski definition) is 2. The minimum atomic E-state index is 0.0933. The molecular formula is C11H13N3O. The van der Waals surface area contributed by atoms with Gasteiger partial charge in [0.1, 0.15) is 0 Å². The quantitative estimate of drug-likeness (QED) is 0.768. The van der Waals surface area contributed by atoms with Crippen LogP contribution in [-0.4, -0.2) is 14.8 Å². The Labute approximate surface area is 86.9 Å². The standard InChI is InChI=1S/C11H13N3O/c15-11-6-5-9-10(7-12-13-9)14(11)8-3-1-2-4-8/h5-8H,1-4H2,(H,12,13). The van der Waals surface area contributed by atoms with Gasteiger partial charge in [0.05, 0.1) is 17.2 Å². The van der Waals surface area contributed by atoms with Crippen LogP contribution in [0.2, 0.25) is 0 Å². The van der Waals surface area contributed by atoms with Crippen molar-refractivity contribution in [3.05, 3.63) is 28.7 Å². The molecule has 0 spiro atoms. The second-order valence-corrected chi connectivity index (χ2v) is 4.15. The van der Waals surface area contributed by atoms with Gasteiger partial charge in [-0.25, -0.2) is 0 Å². The molecule has 0 atom stereocenters. The summed E-state index contributed by atoms with van der Waals surface area (Å²) >= 11 is 0. The molecule has 2 aromatic heterocycles. The Bertz CT molecular complexity index is 534. The van der Waals surface area contributed by atoms with Crippen LogP contribution < -0.4 is 5.56 Å². The van der Waals surface area contributed by atoms with E-state index in [0.29, 0.717) is 6.04 Å². The molecule has 15 heavy (non-hydrogen) atoms. The summed E-state index contributed by atoms with van der Waals surface area (Å²) in [5.41, 5.74) is 1.98. The number of nitrogens with one attached hydrogen (secondary N) is 1. The molecule has 0 saturated heterocycles. The predicted octanol–water partition coefficient (Wildman–Crippen LogP) is 1.84. The van der Waals surface area contributed by atoms with E-state index in [2.05, 4.69) is 10.2 Å². The molecule has 0 aromatic carbocycles. The van der Waals surface area contributed by atoms with Gasteiger partial charge in [0, 0.05) is 12.1 Å². The SMILES string of the molecule is O=c1ccc2[nH]ncc2n1C1CCCC1. The molecule has 0 radical (unpaired) electrons. The molecule has 1 N–H and O–H groups in total. The van der Waals surface area contributed by atoms with E-state index in [0.717, 1.165) is 23.9 Å². The van der Waals surface area contributed by atoms with E-state index in [1.54, 1.807) is 18.3 Å². The maximum atomic E-state index is 11.8. The highest BCUT2D eigenvalue weighted by atomic mass is 16.1. The van der Waals surface area contributed by atoms with Crippen LogP contribution in [0.4, 0.5) is 0 Å². The third kappa shape index (κ3) is 1.28. The third-order valence-electron chi connectivity index (χ3n) is 3.23. The van der Waals surface area contributed by atoms with Crippen molar-refractivity contribution in [1.82, 2.24) is 14.8 Å². The number of H-pyrrole nitrogens is 1. The van der Waals surface area contributed by atoms with Gasteiger partial charge >= 0.3 is 0 Å². The van der Waals surface area contributed by atoms with Crippen LogP contribution in [-0.2, 0) is 0 Å². The summed E-state index contributed by atoms with van der Waals surface area (Å²) in [4.78, 5) is 11.8. The molecule has 0 amide bonds. The van der Waals surface area contributed by atoms with Gasteiger partial charge in [-0.15, -0.1) is 0 Å². The molecule has 2 heterocycles. The molecule has 1 fully saturated rings. The van der Waals surface area contributed by atoms with Crippen molar-refractivity contribution in [2.24, 2.45) is 0 Å². The average molecular weight is 203 g/mol. The van der Waals surface area contributed by atoms with Crippen LogP contribution in [0.1, 0.15) is 31.7 Å². The smallest absolute Gasteiger partial charge is 0.251 e. The lowest BCUT2D eigenvalue weighted by Gasteiger charge is -2.13. The first-order valence-corrected chi connectivity index (χ1v) is 5.41. The van der Waals surface area contributed by atoms with Crippen LogP contribution in [0.3, 0.4) is 0 Å². The van der Waals surface area contributed by atoms with Crippen molar-refractivity contribution in [2.45, 2.75) is 31.7 Å². The van der Waals surface area contributed by atoms with E-state index in [-0.39, 0.29) is 5.56 Å². The Balaban J connectivity index is 2.25. The topological polar surface area (TPSA) is 50.7 Å². The zero-order chi connectivity index (χ0) is 10.3. The Morgan fingerprint density at radius 2 is 2.13 bits per heavy atom. The van der Waals surface area contributed by atoms with Gasteiger partial charge in [-0.05, 0) is 18.9 Å². The molecule has 1 aliphatic rings. The molecule has 1 aliphatic carbocycles. The van der Waals surface area contributed by atoms with Crippen LogP contribution in [0.25, 0.3) is 11.0 Å². The van der Waals surface area contributed by atoms with Crippen molar-refractivity contribution in [2.75, 3.05) is 0 Å². The lowest BCUT2D eigenvalue weighted by atomic mass is 10.2. The summed E-state index contributed by atoms with van der Waals surface area (Å²) in [5.74, 6) is 0. The first-order chi connectivity index (χ1) is 7.36. The van der Waals surface area contributed by atoms with E-state index < -0.39 is 0 Å². The molecule has 4 heteroatoms. The third-order valence-corrected chi connectivity index (χ3v) is 3.23. The number of aromatic amines is 1. The maximum Gasteiger partial charge on any atom is 0.251 e. The van der Waals surface area contributed by atoms with Gasteiger partial charge in [-0.1, -0.05) is 12.8 Å². The largest absolute Gasteiger partial charge is 0.302 e. The molecule has 4 nitrogen and oxygen atoms in total. The first kappa shape index (κ1) is 8.71. The molecule has 2 aromatic rings. The highest BCUT2D eigenvalue weighted by molar-refractivity contribution is 5.73. The molecule has 0 bridgehead atoms. The van der Waals surface area contributed by atoms with Gasteiger partial charge in [0.2, 0.25) is 0 Å². The summed E-state index contributed by atoms with van der Waals surface area (Å²) in [6, 6.07) is 3.80. The normalized spacial score (nSPS) is 17.6. The van der Waals surface area contributed by atoms with Crippen LogP contribution in [0.15, 0.2) is 23.1 Å². The van der Waals surface area contributed by atoms with E-state index in [1.807, 2.05) is 4.57 Å². The van der Waals surface area contributed by atoms with Gasteiger partial charge in [0.25, 0.3) is 5.56 Å². The monoisotopic (exact) mass is 203 g/mol. The van der Waals surface area contributed by atoms with E-state index >= 15 is 0 Å². The Kier molecular flexibility index (Phi) is 1.87. The van der Waals surface area contributed by atoms with Crippen molar-refractivity contribution >= 4 is 11.0 Å². The number of aromatic nitrogens is 3. The molecule has 0 unspecified atom stereocenters. The molecule has 0 aliphatic heterocycles. The highest BCUT2D eigenvalue weighted by Crippen LogP contribution is 2.30. The summed E-state index contributed by atoms with van der Waals surface area (Å²) in [7, 11) is 0. The number of hydrogen-bond donors (Lipinski definition) is 1. The van der Waals surface area contributed by atoms with Gasteiger partial charge < -0.3 is 4.57 Å². The zero-order valence-corrected chi connectivity index (χ0v) is 8.44. The van der Waals surface area contributed by atoms with Crippen molar-refractivity contribution in [1.29, 1.82) is 0 Å². The van der Waals surface area contributed by atoms with Gasteiger partial charge in [-0.2, -0.15) is 5.10 Å². The summed E-state index contributed by atoms with van der Waals surface area (Å²) in [6.45, 7) is 0. The molecule has 3 rings (SSSR count). The lowest BCUT2D eigenvalue weighted by molar-refractivity contribution is 0.519. The lowest BCUT2D eigenvalue weighted by Crippen LogP contribution is -2.22. The zero-order valence-electron chi connectivity index (χ0n) is 8.44. The molecule has 78 valence electrons. The predicted molar refractivity (Wildman–Crippen MR) is 57.9 cm³/mol. The van der Waals surface area contributed by atoms with Crippen molar-refractivity contribution in [3.8, 4) is 0 Å². The summed E-state index contributed by atoms with van der Waals surface area (Å²) in [6.07, 6.45) is 6.43. The van der Waals surface area contributed by atoms with E-state index in [4.69, 9.17) is 0 Å². The average Bonchev–Trinajstić information content (AvgIpc) is 2.85. The van der Waals surface area contributed by atoms with Crippen LogP contribution in [0.5, 0.6) is 0 Å².